The number of fused-ring (bicyclic) bond motifs is 4. The lowest BCUT2D eigenvalue weighted by Crippen LogP contribution is -2.36. The van der Waals surface area contributed by atoms with Gasteiger partial charge in [-0.2, -0.15) is 5.26 Å². The molecule has 0 radical (unpaired) electrons. The van der Waals surface area contributed by atoms with E-state index in [0.29, 0.717) is 17.2 Å². The molecule has 178 valence electrons. The molecular weight excluding hydrogens is 496 g/mol. The second-order valence-corrected chi connectivity index (χ2v) is 11.1. The molecule has 1 unspecified atom stereocenters. The fourth-order valence-electron chi connectivity index (χ4n) is 4.97. The van der Waals surface area contributed by atoms with Crippen LogP contribution in [-0.2, 0) is 0 Å². The van der Waals surface area contributed by atoms with Gasteiger partial charge in [-0.1, -0.05) is 77.6 Å². The van der Waals surface area contributed by atoms with Crippen molar-refractivity contribution in [3.63, 3.8) is 0 Å². The summed E-state index contributed by atoms with van der Waals surface area (Å²) in [6, 6.07) is 30.7. The quantitative estimate of drug-likeness (QED) is 0.280. The Morgan fingerprint density at radius 2 is 1.68 bits per heavy atom. The second kappa shape index (κ2) is 8.48. The molecule has 2 N–H and O–H groups in total. The van der Waals surface area contributed by atoms with Crippen molar-refractivity contribution in [2.24, 2.45) is 0 Å². The monoisotopic (exact) mass is 516 g/mol. The molecule has 5 nitrogen and oxygen atoms in total. The summed E-state index contributed by atoms with van der Waals surface area (Å²) in [5.41, 5.74) is 5.42. The lowest BCUT2D eigenvalue weighted by atomic mass is 9.86. The first-order valence-electron chi connectivity index (χ1n) is 11.9. The molecule has 0 saturated carbocycles. The van der Waals surface area contributed by atoms with Gasteiger partial charge in [-0.05, 0) is 43.3 Å². The number of hydrogen-bond acceptors (Lipinski definition) is 6. The van der Waals surface area contributed by atoms with Crippen molar-refractivity contribution in [3.05, 3.63) is 117 Å². The van der Waals surface area contributed by atoms with Gasteiger partial charge in [-0.25, -0.2) is 0 Å². The van der Waals surface area contributed by atoms with Gasteiger partial charge in [0.05, 0.1) is 34.0 Å². The number of aryl methyl sites for hydroxylation is 1. The Kier molecular flexibility index (Phi) is 5.07. The predicted octanol–water partition coefficient (Wildman–Crippen LogP) is 8.11. The van der Waals surface area contributed by atoms with E-state index < -0.39 is 5.92 Å². The number of allylic oxidation sites excluding steroid dienone is 1. The number of para-hydroxylation sites is 2. The number of nitrogens with one attached hydrogen (secondary N) is 2. The first-order valence-corrected chi connectivity index (χ1v) is 13.5. The molecule has 1 aromatic heterocycles. The molecule has 0 spiro atoms. The van der Waals surface area contributed by atoms with E-state index in [2.05, 4.69) is 36.5 Å². The van der Waals surface area contributed by atoms with Crippen LogP contribution in [0.4, 0.5) is 11.4 Å². The zero-order valence-electron chi connectivity index (χ0n) is 19.8. The van der Waals surface area contributed by atoms with Crippen molar-refractivity contribution >= 4 is 40.7 Å². The summed E-state index contributed by atoms with van der Waals surface area (Å²) in [5, 5.41) is 25.1. The zero-order valence-corrected chi connectivity index (χ0v) is 21.4. The summed E-state index contributed by atoms with van der Waals surface area (Å²) in [7, 11) is 0. The molecule has 0 saturated heterocycles. The molecule has 3 aliphatic heterocycles. The SMILES string of the molecule is Cc1ccc(-c2ccc(C3C(C#N)=C4Sc5ccccc5N4C(=N)/C3=C3\Nc4ccccc4S3)o2)cc1. The molecule has 4 aromatic rings. The topological polar surface area (TPSA) is 76.1 Å². The van der Waals surface area contributed by atoms with Gasteiger partial charge in [0, 0.05) is 20.9 Å². The number of furan rings is 1. The van der Waals surface area contributed by atoms with Crippen LogP contribution >= 0.6 is 23.5 Å². The van der Waals surface area contributed by atoms with Gasteiger partial charge in [0.25, 0.3) is 0 Å². The third-order valence-electron chi connectivity index (χ3n) is 6.76. The summed E-state index contributed by atoms with van der Waals surface area (Å²) < 4.78 is 6.44. The van der Waals surface area contributed by atoms with E-state index in [-0.39, 0.29) is 0 Å². The van der Waals surface area contributed by atoms with Crippen LogP contribution < -0.4 is 10.2 Å². The number of hydrogen-bond donors (Lipinski definition) is 2. The lowest BCUT2D eigenvalue weighted by Gasteiger charge is -2.33. The minimum Gasteiger partial charge on any atom is -0.460 e. The normalized spacial score (nSPS) is 19.8. The Morgan fingerprint density at radius 1 is 0.919 bits per heavy atom. The molecule has 7 rings (SSSR count). The maximum Gasteiger partial charge on any atom is 0.137 e. The van der Waals surface area contributed by atoms with Gasteiger partial charge in [-0.3, -0.25) is 10.3 Å². The molecule has 0 bridgehead atoms. The summed E-state index contributed by atoms with van der Waals surface area (Å²) in [6.07, 6.45) is 0. The molecule has 37 heavy (non-hydrogen) atoms. The van der Waals surface area contributed by atoms with Gasteiger partial charge in [0.2, 0.25) is 0 Å². The Labute approximate surface area is 223 Å². The minimum atomic E-state index is -0.505. The maximum atomic E-state index is 10.5. The standard InChI is InChI=1S/C30H20N4OS2/c1-17-10-12-18(13-11-17)22-14-15-23(35-22)26-19(16-31)30-34(21-7-3-5-9-25(21)37-30)28(32)27(26)29-33-20-6-2-4-8-24(20)36-29/h2-15,26,32-33H,1H3/b29-27+,32-28?. The van der Waals surface area contributed by atoms with Gasteiger partial charge in [0.1, 0.15) is 22.4 Å². The van der Waals surface area contributed by atoms with E-state index in [9.17, 15) is 10.7 Å². The number of amidine groups is 1. The molecule has 4 heterocycles. The number of nitriles is 1. The molecule has 0 amide bonds. The molecule has 0 aliphatic carbocycles. The van der Waals surface area contributed by atoms with E-state index >= 15 is 0 Å². The average Bonchev–Trinajstić information content (AvgIpc) is 3.65. The Morgan fingerprint density at radius 3 is 2.46 bits per heavy atom. The molecule has 7 heteroatoms. The third-order valence-corrected chi connectivity index (χ3v) is 9.03. The third kappa shape index (κ3) is 3.45. The van der Waals surface area contributed by atoms with E-state index in [0.717, 1.165) is 48.1 Å². The van der Waals surface area contributed by atoms with Crippen LogP contribution in [0.25, 0.3) is 11.3 Å². The highest BCUT2D eigenvalue weighted by atomic mass is 32.2. The number of rotatable bonds is 2. The average molecular weight is 517 g/mol. The molecule has 1 atom stereocenters. The highest BCUT2D eigenvalue weighted by Crippen LogP contribution is 2.56. The Hall–Kier alpha value is -4.12. The number of nitrogens with zero attached hydrogens (tertiary/aromatic N) is 2. The van der Waals surface area contributed by atoms with Gasteiger partial charge in [0.15, 0.2) is 0 Å². The predicted molar refractivity (Wildman–Crippen MR) is 150 cm³/mol. The lowest BCUT2D eigenvalue weighted by molar-refractivity contribution is 0.515. The van der Waals surface area contributed by atoms with Crippen molar-refractivity contribution in [2.45, 2.75) is 22.6 Å². The van der Waals surface area contributed by atoms with Crippen LogP contribution in [-0.4, -0.2) is 5.84 Å². The van der Waals surface area contributed by atoms with E-state index in [1.165, 1.54) is 5.56 Å². The molecular formula is C30H20N4OS2. The molecule has 3 aromatic carbocycles. The summed E-state index contributed by atoms with van der Waals surface area (Å²) in [6.45, 7) is 2.06. The van der Waals surface area contributed by atoms with Crippen LogP contribution in [0.1, 0.15) is 17.2 Å². The van der Waals surface area contributed by atoms with Gasteiger partial charge in [-0.15, -0.1) is 0 Å². The van der Waals surface area contributed by atoms with E-state index in [4.69, 9.17) is 4.42 Å². The van der Waals surface area contributed by atoms with Crippen molar-refractivity contribution in [1.82, 2.24) is 0 Å². The van der Waals surface area contributed by atoms with Crippen molar-refractivity contribution < 1.29 is 4.42 Å². The first kappa shape index (κ1) is 22.1. The van der Waals surface area contributed by atoms with Crippen molar-refractivity contribution in [3.8, 4) is 17.4 Å². The summed E-state index contributed by atoms with van der Waals surface area (Å²) in [5.74, 6) is 1.25. The smallest absolute Gasteiger partial charge is 0.137 e. The van der Waals surface area contributed by atoms with Gasteiger partial charge >= 0.3 is 0 Å². The fourth-order valence-corrected chi connectivity index (χ4v) is 7.22. The number of benzene rings is 3. The van der Waals surface area contributed by atoms with E-state index in [1.807, 2.05) is 71.6 Å². The zero-order chi connectivity index (χ0) is 25.1. The molecule has 0 fully saturated rings. The van der Waals surface area contributed by atoms with E-state index in [1.54, 1.807) is 23.5 Å². The highest BCUT2D eigenvalue weighted by Gasteiger charge is 2.45. The largest absolute Gasteiger partial charge is 0.460 e. The summed E-state index contributed by atoms with van der Waals surface area (Å²) in [4.78, 5) is 4.04. The Bertz CT molecular complexity index is 1680. The number of anilines is 2. The first-order chi connectivity index (χ1) is 18.1. The van der Waals surface area contributed by atoms with Crippen LogP contribution in [0.5, 0.6) is 0 Å². The maximum absolute atomic E-state index is 10.5. The summed E-state index contributed by atoms with van der Waals surface area (Å²) >= 11 is 3.14. The highest BCUT2D eigenvalue weighted by molar-refractivity contribution is 8.04. The van der Waals surface area contributed by atoms with Crippen LogP contribution in [0.2, 0.25) is 0 Å². The Balaban J connectivity index is 1.43. The van der Waals surface area contributed by atoms with Crippen LogP contribution in [0.15, 0.2) is 120 Å². The van der Waals surface area contributed by atoms with Crippen molar-refractivity contribution in [2.75, 3.05) is 10.2 Å². The van der Waals surface area contributed by atoms with Crippen LogP contribution in [0, 0.1) is 23.7 Å². The molecule has 3 aliphatic rings. The van der Waals surface area contributed by atoms with Crippen LogP contribution in [0.3, 0.4) is 0 Å². The number of thioether (sulfide) groups is 2. The second-order valence-electron chi connectivity index (χ2n) is 9.05. The fraction of sp³-hybridized carbons (Fsp3) is 0.0667. The van der Waals surface area contributed by atoms with Crippen molar-refractivity contribution in [1.29, 1.82) is 10.7 Å². The minimum absolute atomic E-state index is 0.354. The van der Waals surface area contributed by atoms with Gasteiger partial charge < -0.3 is 9.73 Å².